The first-order chi connectivity index (χ1) is 5.35. The molecule has 0 bridgehead atoms. The lowest BCUT2D eigenvalue weighted by molar-refractivity contribution is 0.115. The average molecular weight is 160 g/mol. The topological polar surface area (TPSA) is 56.4 Å². The van der Waals surface area contributed by atoms with E-state index in [0.717, 1.165) is 0 Å². The Morgan fingerprint density at radius 1 is 1.18 bits per heavy atom. The van der Waals surface area contributed by atoms with Crippen LogP contribution in [-0.4, -0.2) is 45.5 Å². The molecule has 0 saturated heterocycles. The van der Waals surface area contributed by atoms with E-state index in [1.54, 1.807) is 14.2 Å². The molecule has 66 valence electrons. The van der Waals surface area contributed by atoms with Crippen LogP contribution in [0.2, 0.25) is 0 Å². The first kappa shape index (κ1) is 10.3. The molecule has 0 heterocycles. The first-order valence-electron chi connectivity index (χ1n) is 3.43. The third-order valence-corrected chi connectivity index (χ3v) is 1.23. The lowest BCUT2D eigenvalue weighted by Crippen LogP contribution is -2.24. The van der Waals surface area contributed by atoms with Gasteiger partial charge in [0, 0.05) is 27.4 Å². The van der Waals surface area contributed by atoms with Crippen molar-refractivity contribution in [1.29, 1.82) is 0 Å². The Morgan fingerprint density at radius 3 is 1.91 bits per heavy atom. The minimum atomic E-state index is 0.549. The molecule has 0 aromatic heterocycles. The Labute approximate surface area is 66.8 Å². The molecule has 0 saturated carbocycles. The van der Waals surface area contributed by atoms with E-state index in [9.17, 15) is 0 Å². The molecule has 0 aliphatic rings. The summed E-state index contributed by atoms with van der Waals surface area (Å²) >= 11 is 0. The third kappa shape index (κ3) is 5.75. The number of rotatable bonds is 7. The second-order valence-corrected chi connectivity index (χ2v) is 2.03. The Kier molecular flexibility index (Phi) is 6.97. The highest BCUT2D eigenvalue weighted by atomic mass is 16.5. The first-order valence-corrected chi connectivity index (χ1v) is 3.43. The molecule has 0 rings (SSSR count). The number of hydrogen-bond acceptors (Lipinski definition) is 3. The summed E-state index contributed by atoms with van der Waals surface area (Å²) in [5.74, 6) is 0. The van der Waals surface area contributed by atoms with Crippen molar-refractivity contribution in [3.63, 3.8) is 0 Å². The molecule has 11 heavy (non-hydrogen) atoms. The molecule has 0 radical (unpaired) electrons. The van der Waals surface area contributed by atoms with Gasteiger partial charge in [-0.1, -0.05) is 0 Å². The van der Waals surface area contributed by atoms with Gasteiger partial charge in [0.15, 0.2) is 0 Å². The van der Waals surface area contributed by atoms with E-state index < -0.39 is 0 Å². The third-order valence-electron chi connectivity index (χ3n) is 1.23. The Morgan fingerprint density at radius 2 is 1.64 bits per heavy atom. The minimum absolute atomic E-state index is 0.549. The van der Waals surface area contributed by atoms with Crippen LogP contribution in [0.25, 0.3) is 5.53 Å². The van der Waals surface area contributed by atoms with Crippen LogP contribution in [0.1, 0.15) is 0 Å². The molecular formula is C6H14N3O2-. The van der Waals surface area contributed by atoms with Gasteiger partial charge < -0.3 is 20.0 Å². The summed E-state index contributed by atoms with van der Waals surface area (Å²) < 4.78 is 9.60. The number of methoxy groups -OCH3 is 2. The Balaban J connectivity index is 3.33. The van der Waals surface area contributed by atoms with Crippen LogP contribution in [0.3, 0.4) is 0 Å². The highest BCUT2D eigenvalue weighted by Gasteiger charge is 1.90. The molecule has 0 unspecified atom stereocenters. The lowest BCUT2D eigenvalue weighted by Gasteiger charge is -2.24. The number of hydrogen-bond donors (Lipinski definition) is 0. The van der Waals surface area contributed by atoms with Crippen molar-refractivity contribution in [3.8, 4) is 0 Å². The van der Waals surface area contributed by atoms with Crippen LogP contribution in [0, 0.1) is 0 Å². The van der Waals surface area contributed by atoms with Crippen LogP contribution in [0.4, 0.5) is 0 Å². The molecule has 0 aliphatic heterocycles. The van der Waals surface area contributed by atoms with Crippen LogP contribution >= 0.6 is 0 Å². The van der Waals surface area contributed by atoms with E-state index in [-0.39, 0.29) is 0 Å². The second-order valence-electron chi connectivity index (χ2n) is 2.03. The lowest BCUT2D eigenvalue weighted by atomic mass is 10.6. The van der Waals surface area contributed by atoms with Crippen LogP contribution in [0.15, 0.2) is 5.22 Å². The Hall–Kier alpha value is -0.680. The van der Waals surface area contributed by atoms with Gasteiger partial charge in [0.1, 0.15) is 0 Å². The summed E-state index contributed by atoms with van der Waals surface area (Å²) in [7, 11) is 3.21. The maximum atomic E-state index is 8.42. The van der Waals surface area contributed by atoms with E-state index >= 15 is 0 Å². The largest absolute Gasteiger partial charge is 0.397 e. The summed E-state index contributed by atoms with van der Waals surface area (Å²) in [5, 5.41) is 4.52. The van der Waals surface area contributed by atoms with E-state index in [1.165, 1.54) is 5.01 Å². The van der Waals surface area contributed by atoms with Crippen molar-refractivity contribution in [2.24, 2.45) is 5.22 Å². The van der Waals surface area contributed by atoms with Crippen molar-refractivity contribution < 1.29 is 9.47 Å². The quantitative estimate of drug-likeness (QED) is 0.403. The number of ether oxygens (including phenoxy) is 2. The summed E-state index contributed by atoms with van der Waals surface area (Å²) in [5.41, 5.74) is 8.42. The molecular weight excluding hydrogens is 146 g/mol. The number of nitrogens with zero attached hydrogens (tertiary/aromatic N) is 3. The Bertz CT molecular complexity index is 91.8. The molecule has 0 spiro atoms. The van der Waals surface area contributed by atoms with Gasteiger partial charge >= 0.3 is 0 Å². The second kappa shape index (κ2) is 7.43. The smallest absolute Gasteiger partial charge is 0.0469 e. The summed E-state index contributed by atoms with van der Waals surface area (Å²) in [6.07, 6.45) is 0. The van der Waals surface area contributed by atoms with Gasteiger partial charge in [-0.3, -0.25) is 5.22 Å². The highest BCUT2D eigenvalue weighted by Crippen LogP contribution is 1.88. The fourth-order valence-electron chi connectivity index (χ4n) is 0.595. The zero-order valence-electron chi connectivity index (χ0n) is 6.99. The normalized spacial score (nSPS) is 9.64. The molecule has 0 aromatic rings. The van der Waals surface area contributed by atoms with E-state index in [4.69, 9.17) is 15.0 Å². The molecule has 0 amide bonds. The molecule has 0 atom stereocenters. The maximum Gasteiger partial charge on any atom is 0.0469 e. The minimum Gasteiger partial charge on any atom is -0.397 e. The highest BCUT2D eigenvalue weighted by molar-refractivity contribution is 4.48. The van der Waals surface area contributed by atoms with E-state index in [1.807, 2.05) is 0 Å². The fourth-order valence-corrected chi connectivity index (χ4v) is 0.595. The molecule has 5 nitrogen and oxygen atoms in total. The van der Waals surface area contributed by atoms with E-state index in [2.05, 4.69) is 5.22 Å². The molecule has 0 aromatic carbocycles. The molecule has 0 fully saturated rings. The van der Waals surface area contributed by atoms with Gasteiger partial charge in [0.2, 0.25) is 0 Å². The van der Waals surface area contributed by atoms with Crippen molar-refractivity contribution in [1.82, 2.24) is 5.01 Å². The fraction of sp³-hybridized carbons (Fsp3) is 1.00. The van der Waals surface area contributed by atoms with Crippen LogP contribution < -0.4 is 0 Å². The monoisotopic (exact) mass is 160 g/mol. The van der Waals surface area contributed by atoms with Crippen molar-refractivity contribution in [2.45, 2.75) is 0 Å². The molecule has 0 aliphatic carbocycles. The van der Waals surface area contributed by atoms with Gasteiger partial charge in [0.25, 0.3) is 0 Å². The van der Waals surface area contributed by atoms with Gasteiger partial charge in [-0.15, -0.1) is 0 Å². The molecule has 5 heteroatoms. The van der Waals surface area contributed by atoms with Gasteiger partial charge in [-0.2, -0.15) is 0 Å². The summed E-state index contributed by atoms with van der Waals surface area (Å²) in [6.45, 7) is 2.26. The SMILES string of the molecule is COCCN(CCOC)N=[N-]. The maximum absolute atomic E-state index is 8.42. The van der Waals surface area contributed by atoms with Crippen molar-refractivity contribution in [2.75, 3.05) is 40.5 Å². The zero-order chi connectivity index (χ0) is 8.53. The van der Waals surface area contributed by atoms with Gasteiger partial charge in [-0.05, 0) is 13.1 Å². The zero-order valence-corrected chi connectivity index (χ0v) is 6.99. The molecule has 0 N–H and O–H groups in total. The predicted molar refractivity (Wildman–Crippen MR) is 41.1 cm³/mol. The summed E-state index contributed by atoms with van der Waals surface area (Å²) in [6, 6.07) is 0. The predicted octanol–water partition coefficient (Wildman–Crippen LogP) is 0.518. The average Bonchev–Trinajstić information content (AvgIpc) is 2.05. The van der Waals surface area contributed by atoms with Crippen molar-refractivity contribution >= 4 is 0 Å². The van der Waals surface area contributed by atoms with Crippen LogP contribution in [-0.2, 0) is 9.47 Å². The van der Waals surface area contributed by atoms with Gasteiger partial charge in [-0.25, -0.2) is 0 Å². The standard InChI is InChI=1S/C6H14N3O2/c1-10-5-3-9(8-7)4-6-11-2/h3-6H2,1-2H3/q-1. The van der Waals surface area contributed by atoms with Crippen molar-refractivity contribution in [3.05, 3.63) is 5.53 Å². The summed E-state index contributed by atoms with van der Waals surface area (Å²) in [4.78, 5) is 0. The van der Waals surface area contributed by atoms with E-state index in [0.29, 0.717) is 26.3 Å². The van der Waals surface area contributed by atoms with Gasteiger partial charge in [0.05, 0.1) is 0 Å². The van der Waals surface area contributed by atoms with Crippen LogP contribution in [0.5, 0.6) is 0 Å².